The van der Waals surface area contributed by atoms with Crippen LogP contribution in [-0.2, 0) is 22.3 Å². The van der Waals surface area contributed by atoms with Crippen molar-refractivity contribution in [2.24, 2.45) is 11.8 Å². The van der Waals surface area contributed by atoms with Gasteiger partial charge in [0.05, 0.1) is 17.7 Å². The third-order valence-electron chi connectivity index (χ3n) is 8.67. The lowest BCUT2D eigenvalue weighted by Gasteiger charge is -2.32. The number of carbonyl (C=O) groups excluding carboxylic acids is 1. The van der Waals surface area contributed by atoms with Gasteiger partial charge < -0.3 is 15.2 Å². The number of nitrogens with one attached hydrogen (secondary N) is 1. The minimum atomic E-state index is -4.53. The molecule has 2 aromatic carbocycles. The van der Waals surface area contributed by atoms with Gasteiger partial charge in [-0.1, -0.05) is 75.9 Å². The van der Waals surface area contributed by atoms with E-state index in [9.17, 15) is 27.9 Å². The molecule has 3 atom stereocenters. The summed E-state index contributed by atoms with van der Waals surface area (Å²) in [6.45, 7) is 10.7. The first-order valence-corrected chi connectivity index (χ1v) is 15.9. The number of carbonyl (C=O) groups is 2. The fraction of sp³-hybridized carbons (Fsp3) is 0.543. The molecule has 0 saturated heterocycles. The summed E-state index contributed by atoms with van der Waals surface area (Å²) >= 11 is 5.92. The van der Waals surface area contributed by atoms with E-state index in [1.165, 1.54) is 6.07 Å². The second kappa shape index (κ2) is 15.9. The lowest BCUT2D eigenvalue weighted by Crippen LogP contribution is -2.49. The number of ether oxygens (including phenoxy) is 1. The molecule has 242 valence electrons. The van der Waals surface area contributed by atoms with E-state index in [1.807, 2.05) is 13.0 Å². The molecule has 9 heteroatoms. The summed E-state index contributed by atoms with van der Waals surface area (Å²) in [5.41, 5.74) is 0.703. The molecule has 0 heterocycles. The maximum absolute atomic E-state index is 13.5. The Morgan fingerprint density at radius 3 is 2.45 bits per heavy atom. The maximum atomic E-state index is 13.5. The number of halogens is 4. The van der Waals surface area contributed by atoms with Gasteiger partial charge >= 0.3 is 12.1 Å². The number of carboxylic acid groups (broad SMARTS) is 1. The topological polar surface area (TPSA) is 75.6 Å². The Morgan fingerprint density at radius 2 is 1.84 bits per heavy atom. The molecule has 2 aromatic rings. The summed E-state index contributed by atoms with van der Waals surface area (Å²) in [4.78, 5) is 25.0. The highest BCUT2D eigenvalue weighted by atomic mass is 35.5. The molecule has 5 nitrogen and oxygen atoms in total. The molecule has 0 bridgehead atoms. The SMILES string of the molecule is C=C(CCOC(CC)(CC1CC1)C(=O)NCc1cc(Cl)cc(C(F)(F)F)c1)CCC(C)C(CCC)c1cccc(C(=O)O)c1. The first kappa shape index (κ1) is 35.6. The number of hydrogen-bond donors (Lipinski definition) is 2. The lowest BCUT2D eigenvalue weighted by molar-refractivity contribution is -0.150. The quantitative estimate of drug-likeness (QED) is 0.160. The van der Waals surface area contributed by atoms with Crippen LogP contribution in [0.25, 0.3) is 0 Å². The number of aromatic carboxylic acids is 1. The zero-order valence-electron chi connectivity index (χ0n) is 25.9. The molecule has 1 aliphatic carbocycles. The predicted octanol–water partition coefficient (Wildman–Crippen LogP) is 9.59. The summed E-state index contributed by atoms with van der Waals surface area (Å²) in [7, 11) is 0. The Labute approximate surface area is 264 Å². The molecule has 1 aliphatic rings. The third kappa shape index (κ3) is 10.4. The van der Waals surface area contributed by atoms with Crippen molar-refractivity contribution in [1.82, 2.24) is 5.32 Å². The summed E-state index contributed by atoms with van der Waals surface area (Å²) in [6, 6.07) is 10.5. The van der Waals surface area contributed by atoms with Gasteiger partial charge in [-0.3, -0.25) is 4.79 Å². The molecule has 1 fully saturated rings. The second-order valence-electron chi connectivity index (χ2n) is 12.2. The van der Waals surface area contributed by atoms with Crippen molar-refractivity contribution in [3.8, 4) is 0 Å². The van der Waals surface area contributed by atoms with Crippen molar-refractivity contribution in [2.75, 3.05) is 6.61 Å². The summed E-state index contributed by atoms with van der Waals surface area (Å²) in [5, 5.41) is 12.2. The number of carboxylic acids is 1. The molecule has 1 saturated carbocycles. The van der Waals surface area contributed by atoms with E-state index >= 15 is 0 Å². The minimum Gasteiger partial charge on any atom is -0.478 e. The van der Waals surface area contributed by atoms with Crippen LogP contribution in [0.1, 0.15) is 112 Å². The van der Waals surface area contributed by atoms with Crippen LogP contribution in [0.2, 0.25) is 5.02 Å². The van der Waals surface area contributed by atoms with Gasteiger partial charge in [0.1, 0.15) is 5.60 Å². The highest BCUT2D eigenvalue weighted by Crippen LogP contribution is 2.40. The van der Waals surface area contributed by atoms with Gasteiger partial charge in [-0.25, -0.2) is 4.79 Å². The van der Waals surface area contributed by atoms with Gasteiger partial charge in [0, 0.05) is 11.6 Å². The van der Waals surface area contributed by atoms with Crippen LogP contribution in [0.4, 0.5) is 13.2 Å². The second-order valence-corrected chi connectivity index (χ2v) is 12.7. The molecule has 0 spiro atoms. The molecule has 0 aromatic heterocycles. The standard InChI is InChI=1S/C35H45ClF3NO4/c1-5-8-31(27-9-7-10-28(19-27)32(41)42)24(4)12-11-23(3)15-16-44-34(6-2,21-25-13-14-25)33(43)40-22-26-17-29(35(37,38)39)20-30(36)18-26/h7,9-10,17-20,24-25,31H,3,5-6,8,11-16,21-22H2,1-2,4H3,(H,40,43)(H,41,42). The Bertz CT molecular complexity index is 1290. The molecular weight excluding hydrogens is 591 g/mol. The van der Waals surface area contributed by atoms with Gasteiger partial charge in [0.25, 0.3) is 5.91 Å². The van der Waals surface area contributed by atoms with E-state index in [2.05, 4.69) is 25.7 Å². The monoisotopic (exact) mass is 635 g/mol. The highest BCUT2D eigenvalue weighted by molar-refractivity contribution is 6.30. The van der Waals surface area contributed by atoms with E-state index < -0.39 is 23.3 Å². The molecule has 3 unspecified atom stereocenters. The minimum absolute atomic E-state index is 0.0392. The van der Waals surface area contributed by atoms with E-state index in [-0.39, 0.29) is 29.0 Å². The van der Waals surface area contributed by atoms with Crippen LogP contribution >= 0.6 is 11.6 Å². The smallest absolute Gasteiger partial charge is 0.416 e. The first-order valence-electron chi connectivity index (χ1n) is 15.6. The normalized spacial score (nSPS) is 16.2. The van der Waals surface area contributed by atoms with E-state index in [4.69, 9.17) is 16.3 Å². The van der Waals surface area contributed by atoms with Crippen molar-refractivity contribution >= 4 is 23.5 Å². The number of benzene rings is 2. The summed E-state index contributed by atoms with van der Waals surface area (Å²) < 4.78 is 46.0. The third-order valence-corrected chi connectivity index (χ3v) is 8.89. The highest BCUT2D eigenvalue weighted by Gasteiger charge is 2.42. The fourth-order valence-corrected chi connectivity index (χ4v) is 6.07. The van der Waals surface area contributed by atoms with E-state index in [0.717, 1.165) is 61.8 Å². The summed E-state index contributed by atoms with van der Waals surface area (Å²) in [6.07, 6.45) is 2.74. The van der Waals surface area contributed by atoms with E-state index in [0.29, 0.717) is 43.3 Å². The average molecular weight is 636 g/mol. The molecule has 0 radical (unpaired) electrons. The molecule has 3 rings (SSSR count). The molecule has 0 aliphatic heterocycles. The zero-order valence-corrected chi connectivity index (χ0v) is 26.7. The van der Waals surface area contributed by atoms with Crippen molar-refractivity contribution in [1.29, 1.82) is 0 Å². The van der Waals surface area contributed by atoms with Crippen molar-refractivity contribution in [3.63, 3.8) is 0 Å². The van der Waals surface area contributed by atoms with Crippen LogP contribution in [0.3, 0.4) is 0 Å². The van der Waals surface area contributed by atoms with Gasteiger partial charge in [-0.2, -0.15) is 13.2 Å². The van der Waals surface area contributed by atoms with Crippen molar-refractivity contribution < 1.29 is 32.6 Å². The Hall–Kier alpha value is -2.84. The number of alkyl halides is 3. The average Bonchev–Trinajstić information content (AvgIpc) is 3.80. The van der Waals surface area contributed by atoms with Crippen LogP contribution in [0.5, 0.6) is 0 Å². The number of amides is 1. The van der Waals surface area contributed by atoms with Crippen LogP contribution in [0, 0.1) is 11.8 Å². The van der Waals surface area contributed by atoms with Crippen molar-refractivity contribution in [2.45, 2.75) is 103 Å². The summed E-state index contributed by atoms with van der Waals surface area (Å²) in [5.74, 6) is -0.309. The Balaban J connectivity index is 1.57. The Kier molecular flexibility index (Phi) is 12.9. The number of rotatable bonds is 18. The molecule has 2 N–H and O–H groups in total. The van der Waals surface area contributed by atoms with Gasteiger partial charge in [0.15, 0.2) is 0 Å². The molecular formula is C35H45ClF3NO4. The maximum Gasteiger partial charge on any atom is 0.416 e. The van der Waals surface area contributed by atoms with Gasteiger partial charge in [-0.05, 0) is 97.7 Å². The van der Waals surface area contributed by atoms with Crippen molar-refractivity contribution in [3.05, 3.63) is 81.9 Å². The molecule has 44 heavy (non-hydrogen) atoms. The largest absolute Gasteiger partial charge is 0.478 e. The Morgan fingerprint density at radius 1 is 1.11 bits per heavy atom. The zero-order chi connectivity index (χ0) is 32.5. The number of hydrogen-bond acceptors (Lipinski definition) is 3. The van der Waals surface area contributed by atoms with E-state index in [1.54, 1.807) is 18.2 Å². The van der Waals surface area contributed by atoms with Gasteiger partial charge in [0.2, 0.25) is 0 Å². The molecule has 1 amide bonds. The van der Waals surface area contributed by atoms with Crippen LogP contribution < -0.4 is 5.32 Å². The predicted molar refractivity (Wildman–Crippen MR) is 168 cm³/mol. The van der Waals surface area contributed by atoms with Crippen LogP contribution in [0.15, 0.2) is 54.6 Å². The first-order chi connectivity index (χ1) is 20.8. The van der Waals surface area contributed by atoms with Crippen LogP contribution in [-0.4, -0.2) is 29.2 Å². The van der Waals surface area contributed by atoms with Gasteiger partial charge in [-0.15, -0.1) is 0 Å². The fourth-order valence-electron chi connectivity index (χ4n) is 5.81. The lowest BCUT2D eigenvalue weighted by atomic mass is 9.80.